The molecule has 3 atom stereocenters. The maximum atomic E-state index is 13.1. The Hall–Kier alpha value is -1.00. The van der Waals surface area contributed by atoms with Crippen LogP contribution in [-0.2, 0) is 49.8 Å². The highest BCUT2D eigenvalue weighted by molar-refractivity contribution is 6.94. The van der Waals surface area contributed by atoms with E-state index in [0.717, 1.165) is 5.56 Å². The number of halogens is 1. The largest absolute Gasteiger partial charge is 0.656 e. The first-order chi connectivity index (χ1) is 18.1. The molecular formula is C22H38ClNO11Si4. The van der Waals surface area contributed by atoms with Gasteiger partial charge < -0.3 is 43.5 Å². The minimum atomic E-state index is -3.60. The van der Waals surface area contributed by atoms with Crippen LogP contribution in [0.25, 0.3) is 0 Å². The maximum absolute atomic E-state index is 13.1. The summed E-state index contributed by atoms with van der Waals surface area (Å²) < 4.78 is 52.7. The Morgan fingerprint density at radius 3 is 2.00 bits per heavy atom. The van der Waals surface area contributed by atoms with Crippen LogP contribution in [-0.4, -0.2) is 92.2 Å². The van der Waals surface area contributed by atoms with Crippen LogP contribution in [0, 0.1) is 0 Å². The van der Waals surface area contributed by atoms with Crippen LogP contribution in [0.5, 0.6) is 0 Å². The molecule has 0 spiro atoms. The van der Waals surface area contributed by atoms with E-state index in [4.69, 9.17) is 50.2 Å². The molecular weight excluding hydrogens is 602 g/mol. The molecule has 2 aliphatic heterocycles. The van der Waals surface area contributed by atoms with E-state index in [1.54, 1.807) is 44.1 Å². The first-order valence-corrected chi connectivity index (χ1v) is 20.9. The normalized spacial score (nSPS) is 31.8. The summed E-state index contributed by atoms with van der Waals surface area (Å²) in [4.78, 5) is 25.9. The summed E-state index contributed by atoms with van der Waals surface area (Å²) in [6.45, 7) is 6.89. The molecule has 2 saturated heterocycles. The van der Waals surface area contributed by atoms with E-state index in [2.05, 4.69) is 0 Å². The first-order valence-electron chi connectivity index (χ1n) is 12.5. The topological polar surface area (TPSA) is 120 Å². The number of nitrogens with zero attached hydrogens (tertiary/aromatic N) is 1. The molecule has 1 aromatic rings. The third-order valence-corrected chi connectivity index (χ3v) is 22.2. The van der Waals surface area contributed by atoms with E-state index >= 15 is 0 Å². The smallest absolute Gasteiger partial charge is 0.444 e. The van der Waals surface area contributed by atoms with E-state index in [0.29, 0.717) is 37.4 Å². The van der Waals surface area contributed by atoms with E-state index in [-0.39, 0.29) is 5.91 Å². The highest BCUT2D eigenvalue weighted by Gasteiger charge is 2.75. The second-order valence-electron chi connectivity index (χ2n) is 9.75. The van der Waals surface area contributed by atoms with E-state index in [9.17, 15) is 9.59 Å². The summed E-state index contributed by atoms with van der Waals surface area (Å²) in [6, 6.07) is 7.68. The average Bonchev–Trinajstić information content (AvgIpc) is 2.85. The third-order valence-electron chi connectivity index (χ3n) is 6.32. The number of carbonyl (C=O) groups is 2. The number of esters is 1. The lowest BCUT2D eigenvalue weighted by atomic mass is 10.0. The van der Waals surface area contributed by atoms with Crippen molar-refractivity contribution in [3.63, 3.8) is 0 Å². The molecule has 2 aliphatic rings. The number of fused-ring (bicyclic) bond motifs is 2. The van der Waals surface area contributed by atoms with Crippen LogP contribution in [0.15, 0.2) is 24.3 Å². The van der Waals surface area contributed by atoms with Crippen LogP contribution < -0.4 is 0 Å². The van der Waals surface area contributed by atoms with Gasteiger partial charge in [0.15, 0.2) is 5.06 Å². The van der Waals surface area contributed by atoms with E-state index in [1.165, 1.54) is 28.3 Å². The SMILES string of the molecule is CO[Si]1(C)O[Si]2(CCCN(C)C(=O)c3ccc(CCC(C)(Cl)OC(C)=O)cc3)O[Si](C)(OC)O[Si](OC)(O1)O2. The summed E-state index contributed by atoms with van der Waals surface area (Å²) in [6.07, 6.45) is 1.57. The first kappa shape index (κ1) is 32.5. The molecule has 0 radical (unpaired) electrons. The zero-order chi connectivity index (χ0) is 29.1. The lowest BCUT2D eigenvalue weighted by Crippen LogP contribution is -2.81. The third kappa shape index (κ3) is 8.28. The van der Waals surface area contributed by atoms with Crippen LogP contribution in [0.3, 0.4) is 0 Å². The van der Waals surface area contributed by atoms with Gasteiger partial charge in [0.25, 0.3) is 5.91 Å². The van der Waals surface area contributed by atoms with Gasteiger partial charge in [-0.15, -0.1) is 0 Å². The number of amides is 1. The van der Waals surface area contributed by atoms with Gasteiger partial charge in [-0.05, 0) is 37.5 Å². The van der Waals surface area contributed by atoms with Crippen LogP contribution in [0.4, 0.5) is 0 Å². The molecule has 2 heterocycles. The van der Waals surface area contributed by atoms with Crippen molar-refractivity contribution in [2.75, 3.05) is 34.9 Å². The Kier molecular flexibility index (Phi) is 10.4. The van der Waals surface area contributed by atoms with Gasteiger partial charge in [-0.3, -0.25) is 9.59 Å². The standard InChI is InChI=1S/C22H38ClNO11Si4/c1-18(25)30-22(2,23)15-14-19-10-12-20(13-11-19)21(26)24(3)16-9-17-38-31-36(7,27-4)33-39(29-6,35-38)34-37(8,28-5)32-38/h10-13H,9,14-17H2,1-8H3. The molecule has 1 amide bonds. The maximum Gasteiger partial charge on any atom is 0.656 e. The molecule has 39 heavy (non-hydrogen) atoms. The second kappa shape index (κ2) is 12.5. The molecule has 220 valence electrons. The summed E-state index contributed by atoms with van der Waals surface area (Å²) >= 11 is 6.25. The van der Waals surface area contributed by atoms with Gasteiger partial charge >= 0.3 is 41.4 Å². The number of hydrogen-bond acceptors (Lipinski definition) is 11. The minimum Gasteiger partial charge on any atom is -0.444 e. The van der Waals surface area contributed by atoms with Gasteiger partial charge in [0, 0.05) is 73.0 Å². The van der Waals surface area contributed by atoms with Crippen molar-refractivity contribution in [1.29, 1.82) is 0 Å². The number of rotatable bonds is 12. The van der Waals surface area contributed by atoms with Crippen molar-refractivity contribution in [1.82, 2.24) is 4.90 Å². The quantitative estimate of drug-likeness (QED) is 0.190. The Balaban J connectivity index is 1.61. The molecule has 2 bridgehead atoms. The molecule has 3 rings (SSSR count). The molecule has 2 fully saturated rings. The van der Waals surface area contributed by atoms with Crippen molar-refractivity contribution in [2.24, 2.45) is 0 Å². The van der Waals surface area contributed by atoms with Gasteiger partial charge in [0.1, 0.15) is 0 Å². The van der Waals surface area contributed by atoms with Gasteiger partial charge in [-0.2, -0.15) is 0 Å². The van der Waals surface area contributed by atoms with Gasteiger partial charge in [0.05, 0.1) is 0 Å². The zero-order valence-corrected chi connectivity index (χ0v) is 28.4. The van der Waals surface area contributed by atoms with Gasteiger partial charge in [-0.1, -0.05) is 23.7 Å². The lowest BCUT2D eigenvalue weighted by molar-refractivity contribution is -0.148. The Morgan fingerprint density at radius 1 is 0.949 bits per heavy atom. The minimum absolute atomic E-state index is 0.127. The molecule has 0 aliphatic carbocycles. The van der Waals surface area contributed by atoms with Crippen molar-refractivity contribution in [2.45, 2.75) is 57.3 Å². The molecule has 0 saturated carbocycles. The summed E-state index contributed by atoms with van der Waals surface area (Å²) in [5.74, 6) is -0.556. The molecule has 1 aromatic carbocycles. The highest BCUT2D eigenvalue weighted by Crippen LogP contribution is 2.42. The van der Waals surface area contributed by atoms with Crippen LogP contribution in [0.2, 0.25) is 19.1 Å². The number of benzene rings is 1. The summed E-state index contributed by atoms with van der Waals surface area (Å²) in [5.41, 5.74) is 1.53. The number of ether oxygens (including phenoxy) is 1. The second-order valence-corrected chi connectivity index (χ2v) is 22.2. The Morgan fingerprint density at radius 2 is 1.51 bits per heavy atom. The molecule has 17 heteroatoms. The van der Waals surface area contributed by atoms with Crippen molar-refractivity contribution < 1.29 is 48.2 Å². The number of carbonyl (C=O) groups excluding carboxylic acids is 2. The van der Waals surface area contributed by atoms with E-state index in [1.807, 2.05) is 12.1 Å². The predicted molar refractivity (Wildman–Crippen MR) is 148 cm³/mol. The zero-order valence-electron chi connectivity index (χ0n) is 23.7. The lowest BCUT2D eigenvalue weighted by Gasteiger charge is -2.53. The summed E-state index contributed by atoms with van der Waals surface area (Å²) in [7, 11) is -7.09. The molecule has 3 unspecified atom stereocenters. The fraction of sp³-hybridized carbons (Fsp3) is 0.636. The van der Waals surface area contributed by atoms with E-state index < -0.39 is 46.5 Å². The summed E-state index contributed by atoms with van der Waals surface area (Å²) in [5, 5.41) is -1.08. The van der Waals surface area contributed by atoms with Crippen molar-refractivity contribution in [3.8, 4) is 0 Å². The van der Waals surface area contributed by atoms with Crippen LogP contribution >= 0.6 is 11.6 Å². The Labute approximate surface area is 239 Å². The number of alkyl halides is 1. The monoisotopic (exact) mass is 639 g/mol. The fourth-order valence-corrected chi connectivity index (χ4v) is 22.6. The van der Waals surface area contributed by atoms with Crippen LogP contribution in [0.1, 0.15) is 42.6 Å². The molecule has 0 aromatic heterocycles. The number of aryl methyl sites for hydroxylation is 1. The highest BCUT2D eigenvalue weighted by atomic mass is 35.5. The Bertz CT molecular complexity index is 1010. The fourth-order valence-electron chi connectivity index (χ4n) is 4.21. The number of hydrogen-bond donors (Lipinski definition) is 0. The molecule has 0 N–H and O–H groups in total. The van der Waals surface area contributed by atoms with Crippen molar-refractivity contribution >= 4 is 58.9 Å². The van der Waals surface area contributed by atoms with Gasteiger partial charge in [0.2, 0.25) is 0 Å². The molecule has 12 nitrogen and oxygen atoms in total. The average molecular weight is 640 g/mol. The predicted octanol–water partition coefficient (Wildman–Crippen LogP) is 3.16. The van der Waals surface area contributed by atoms with Gasteiger partial charge in [-0.25, -0.2) is 0 Å². The van der Waals surface area contributed by atoms with Crippen molar-refractivity contribution in [3.05, 3.63) is 35.4 Å².